The maximum absolute atomic E-state index is 12.8. The Morgan fingerprint density at radius 1 is 1.17 bits per heavy atom. The second-order valence-corrected chi connectivity index (χ2v) is 5.90. The highest BCUT2D eigenvalue weighted by Crippen LogP contribution is 2.25. The first-order valence-electron chi connectivity index (χ1n) is 7.99. The number of amides is 3. The van der Waals surface area contributed by atoms with Crippen LogP contribution < -0.4 is 11.1 Å². The molecule has 1 aromatic carbocycles. The number of nitrogens with two attached hydrogens (primary N) is 1. The van der Waals surface area contributed by atoms with Crippen LogP contribution in [0.1, 0.15) is 24.4 Å². The smallest absolute Gasteiger partial charge is 0.318 e. The molecule has 3 amide bonds. The molecule has 1 heterocycles. The van der Waals surface area contributed by atoms with E-state index in [9.17, 15) is 9.59 Å². The zero-order valence-corrected chi connectivity index (χ0v) is 14.1. The van der Waals surface area contributed by atoms with Gasteiger partial charge in [-0.05, 0) is 18.4 Å². The third kappa shape index (κ3) is 4.24. The van der Waals surface area contributed by atoms with Crippen LogP contribution in [0.3, 0.4) is 0 Å². The maximum Gasteiger partial charge on any atom is 0.318 e. The third-order valence-electron chi connectivity index (χ3n) is 4.26. The molecule has 7 nitrogen and oxygen atoms in total. The largest absolute Gasteiger partial charge is 0.383 e. The van der Waals surface area contributed by atoms with Crippen LogP contribution >= 0.6 is 0 Å². The van der Waals surface area contributed by atoms with Crippen LogP contribution in [0.4, 0.5) is 4.79 Å². The van der Waals surface area contributed by atoms with E-state index in [1.54, 1.807) is 43.4 Å². The molecule has 132 valence electrons. The molecule has 3 atom stereocenters. The number of hydrogen-bond donors (Lipinski definition) is 2. The van der Waals surface area contributed by atoms with Gasteiger partial charge in [0.15, 0.2) is 0 Å². The van der Waals surface area contributed by atoms with E-state index in [0.29, 0.717) is 18.8 Å². The van der Waals surface area contributed by atoms with Crippen LogP contribution in [0.25, 0.3) is 0 Å². The second kappa shape index (κ2) is 8.65. The molecule has 0 spiro atoms. The Labute approximate surface area is 142 Å². The van der Waals surface area contributed by atoms with Gasteiger partial charge in [-0.15, -0.1) is 0 Å². The molecule has 1 aliphatic rings. The quantitative estimate of drug-likeness (QED) is 0.779. The van der Waals surface area contributed by atoms with Gasteiger partial charge in [0.2, 0.25) is 5.91 Å². The molecule has 0 aliphatic carbocycles. The normalized spacial score (nSPS) is 21.5. The number of hydrogen-bond acceptors (Lipinski definition) is 4. The standard InChI is InChI=1S/C17H25N3O4/c1-23-10-13-8-9-14(11-24-2)20(13)17(22)19-15(16(18)21)12-6-4-3-5-7-12/h3-7,13-15H,8-11H2,1-2H3,(H2,18,21)(H,19,22)/t13-,14-,15+/m1/s1. The highest BCUT2D eigenvalue weighted by Gasteiger charge is 2.38. The molecular weight excluding hydrogens is 310 g/mol. The van der Waals surface area contributed by atoms with Gasteiger partial charge in [-0.2, -0.15) is 0 Å². The van der Waals surface area contributed by atoms with Crippen molar-refractivity contribution in [3.05, 3.63) is 35.9 Å². The van der Waals surface area contributed by atoms with Crippen molar-refractivity contribution in [3.63, 3.8) is 0 Å². The molecule has 2 rings (SSSR count). The topological polar surface area (TPSA) is 93.9 Å². The molecule has 3 N–H and O–H groups in total. The molecule has 0 unspecified atom stereocenters. The Kier molecular flexibility index (Phi) is 6.57. The lowest BCUT2D eigenvalue weighted by atomic mass is 10.1. The third-order valence-corrected chi connectivity index (χ3v) is 4.26. The molecule has 1 fully saturated rings. The Balaban J connectivity index is 2.15. The first-order chi connectivity index (χ1) is 11.6. The van der Waals surface area contributed by atoms with Gasteiger partial charge < -0.3 is 25.4 Å². The van der Waals surface area contributed by atoms with Gasteiger partial charge in [-0.1, -0.05) is 30.3 Å². The fourth-order valence-electron chi connectivity index (χ4n) is 3.17. The zero-order valence-electron chi connectivity index (χ0n) is 14.1. The number of ether oxygens (including phenoxy) is 2. The highest BCUT2D eigenvalue weighted by molar-refractivity contribution is 5.87. The summed E-state index contributed by atoms with van der Waals surface area (Å²) in [5.74, 6) is -0.597. The van der Waals surface area contributed by atoms with Gasteiger partial charge in [-0.3, -0.25) is 4.79 Å². The van der Waals surface area contributed by atoms with Crippen LogP contribution in [0, 0.1) is 0 Å². The molecular formula is C17H25N3O4. The monoisotopic (exact) mass is 335 g/mol. The molecule has 1 aliphatic heterocycles. The summed E-state index contributed by atoms with van der Waals surface area (Å²) in [5.41, 5.74) is 6.14. The Morgan fingerprint density at radius 3 is 2.17 bits per heavy atom. The predicted octanol–water partition coefficient (Wildman–Crippen LogP) is 1.05. The van der Waals surface area contributed by atoms with Gasteiger partial charge in [-0.25, -0.2) is 4.79 Å². The summed E-state index contributed by atoms with van der Waals surface area (Å²) in [6.45, 7) is 0.889. The first-order valence-corrected chi connectivity index (χ1v) is 7.99. The number of carbonyl (C=O) groups excluding carboxylic acids is 2. The summed E-state index contributed by atoms with van der Waals surface area (Å²) in [6, 6.07) is 7.68. The van der Waals surface area contributed by atoms with E-state index in [4.69, 9.17) is 15.2 Å². The fraction of sp³-hybridized carbons (Fsp3) is 0.529. The van der Waals surface area contributed by atoms with Crippen molar-refractivity contribution in [2.45, 2.75) is 31.0 Å². The molecule has 0 bridgehead atoms. The number of carbonyl (C=O) groups is 2. The number of benzene rings is 1. The Hall–Kier alpha value is -2.12. The van der Waals surface area contributed by atoms with Crippen molar-refractivity contribution in [2.24, 2.45) is 5.73 Å². The zero-order chi connectivity index (χ0) is 17.5. The average molecular weight is 335 g/mol. The van der Waals surface area contributed by atoms with E-state index in [2.05, 4.69) is 5.32 Å². The summed E-state index contributed by atoms with van der Waals surface area (Å²) >= 11 is 0. The minimum Gasteiger partial charge on any atom is -0.383 e. The predicted molar refractivity (Wildman–Crippen MR) is 89.3 cm³/mol. The summed E-state index contributed by atoms with van der Waals surface area (Å²) in [4.78, 5) is 26.3. The van der Waals surface area contributed by atoms with E-state index in [0.717, 1.165) is 12.8 Å². The van der Waals surface area contributed by atoms with Crippen molar-refractivity contribution >= 4 is 11.9 Å². The van der Waals surface area contributed by atoms with Gasteiger partial charge in [0.1, 0.15) is 6.04 Å². The maximum atomic E-state index is 12.8. The number of nitrogens with one attached hydrogen (secondary N) is 1. The highest BCUT2D eigenvalue weighted by atomic mass is 16.5. The van der Waals surface area contributed by atoms with E-state index >= 15 is 0 Å². The lowest BCUT2D eigenvalue weighted by molar-refractivity contribution is -0.120. The summed E-state index contributed by atoms with van der Waals surface area (Å²) < 4.78 is 10.4. The summed E-state index contributed by atoms with van der Waals surface area (Å²) in [5, 5.41) is 2.75. The number of methoxy groups -OCH3 is 2. The molecule has 1 saturated heterocycles. The Bertz CT molecular complexity index is 538. The number of rotatable bonds is 7. The van der Waals surface area contributed by atoms with Crippen LogP contribution in [0.15, 0.2) is 30.3 Å². The fourth-order valence-corrected chi connectivity index (χ4v) is 3.17. The molecule has 1 aromatic rings. The van der Waals surface area contributed by atoms with Crippen LogP contribution in [-0.2, 0) is 14.3 Å². The molecule has 0 aromatic heterocycles. The molecule has 0 radical (unpaired) electrons. The lowest BCUT2D eigenvalue weighted by Gasteiger charge is -2.31. The van der Waals surface area contributed by atoms with Crippen molar-refractivity contribution in [3.8, 4) is 0 Å². The van der Waals surface area contributed by atoms with E-state index < -0.39 is 11.9 Å². The Morgan fingerprint density at radius 2 is 1.71 bits per heavy atom. The minimum absolute atomic E-state index is 0.0422. The van der Waals surface area contributed by atoms with Crippen LogP contribution in [-0.4, -0.2) is 56.4 Å². The number of likely N-dealkylation sites (tertiary alicyclic amines) is 1. The molecule has 24 heavy (non-hydrogen) atoms. The van der Waals surface area contributed by atoms with Crippen molar-refractivity contribution < 1.29 is 19.1 Å². The molecule has 0 saturated carbocycles. The van der Waals surface area contributed by atoms with Crippen LogP contribution in [0.5, 0.6) is 0 Å². The van der Waals surface area contributed by atoms with E-state index in [1.807, 2.05) is 6.07 Å². The molecule has 7 heteroatoms. The van der Waals surface area contributed by atoms with Crippen molar-refractivity contribution in [2.75, 3.05) is 27.4 Å². The minimum atomic E-state index is -0.870. The van der Waals surface area contributed by atoms with Crippen molar-refractivity contribution in [1.82, 2.24) is 10.2 Å². The first kappa shape index (κ1) is 18.2. The number of urea groups is 1. The SMILES string of the molecule is COC[C@H]1CC[C@H](COC)N1C(=O)N[C@H](C(N)=O)c1ccccc1. The summed E-state index contributed by atoms with van der Waals surface area (Å²) in [7, 11) is 3.21. The lowest BCUT2D eigenvalue weighted by Crippen LogP contribution is -2.52. The van der Waals surface area contributed by atoms with Gasteiger partial charge in [0, 0.05) is 14.2 Å². The van der Waals surface area contributed by atoms with Gasteiger partial charge >= 0.3 is 6.03 Å². The number of primary amides is 1. The van der Waals surface area contributed by atoms with Gasteiger partial charge in [0.25, 0.3) is 0 Å². The van der Waals surface area contributed by atoms with E-state index in [-0.39, 0.29) is 18.1 Å². The van der Waals surface area contributed by atoms with E-state index in [1.165, 1.54) is 0 Å². The number of nitrogens with zero attached hydrogens (tertiary/aromatic N) is 1. The second-order valence-electron chi connectivity index (χ2n) is 5.90. The van der Waals surface area contributed by atoms with Gasteiger partial charge in [0.05, 0.1) is 25.3 Å². The van der Waals surface area contributed by atoms with Crippen molar-refractivity contribution in [1.29, 1.82) is 0 Å². The van der Waals surface area contributed by atoms with Crippen LogP contribution in [0.2, 0.25) is 0 Å². The average Bonchev–Trinajstić information content (AvgIpc) is 2.96. The summed E-state index contributed by atoms with van der Waals surface area (Å²) in [6.07, 6.45) is 1.67.